The van der Waals surface area contributed by atoms with Gasteiger partial charge in [0.2, 0.25) is 0 Å². The van der Waals surface area contributed by atoms with Crippen molar-refractivity contribution >= 4 is 0 Å². The number of hydrogen-bond acceptors (Lipinski definition) is 2. The number of rotatable bonds is 3. The Balaban J connectivity index is 2.63. The summed E-state index contributed by atoms with van der Waals surface area (Å²) < 4.78 is 13.9. The van der Waals surface area contributed by atoms with Gasteiger partial charge in [0, 0.05) is 23.5 Å². The van der Waals surface area contributed by atoms with Crippen LogP contribution < -0.4 is 0 Å². The Morgan fingerprint density at radius 2 is 1.94 bits per heavy atom. The molecule has 1 N–H and O–H groups in total. The first-order chi connectivity index (χ1) is 8.59. The number of benzene rings is 1. The third-order valence-corrected chi connectivity index (χ3v) is 3.32. The van der Waals surface area contributed by atoms with Crippen LogP contribution in [0.3, 0.4) is 0 Å². The normalized spacial score (nSPS) is 14.2. The van der Waals surface area contributed by atoms with Gasteiger partial charge in [0.05, 0.1) is 0 Å². The van der Waals surface area contributed by atoms with Crippen LogP contribution in [0.1, 0.15) is 30.0 Å². The molecule has 1 unspecified atom stereocenters. The predicted molar refractivity (Wildman–Crippen MR) is 68.7 cm³/mol. The second-order valence-corrected chi connectivity index (χ2v) is 4.38. The van der Waals surface area contributed by atoms with Crippen molar-refractivity contribution in [2.75, 3.05) is 0 Å². The van der Waals surface area contributed by atoms with Crippen molar-refractivity contribution in [1.29, 1.82) is 0 Å². The molecule has 2 nitrogen and oxygen atoms in total. The van der Waals surface area contributed by atoms with Crippen molar-refractivity contribution in [2.24, 2.45) is 0 Å². The van der Waals surface area contributed by atoms with Crippen LogP contribution in [0, 0.1) is 12.7 Å². The fraction of sp³-hybridized carbons (Fsp3) is 0.267. The van der Waals surface area contributed by atoms with E-state index in [-0.39, 0.29) is 0 Å². The van der Waals surface area contributed by atoms with Crippen LogP contribution in [-0.4, -0.2) is 10.1 Å². The molecule has 1 heterocycles. The van der Waals surface area contributed by atoms with Crippen LogP contribution >= 0.6 is 0 Å². The number of aromatic nitrogens is 1. The molecule has 0 saturated carbocycles. The molecule has 3 heteroatoms. The Morgan fingerprint density at radius 3 is 2.56 bits per heavy atom. The van der Waals surface area contributed by atoms with Crippen molar-refractivity contribution in [3.05, 3.63) is 65.2 Å². The SMILES string of the molecule is CCC(O)(c1cnccc1C)c1ccccc1F. The van der Waals surface area contributed by atoms with E-state index in [1.807, 2.05) is 19.9 Å². The largest absolute Gasteiger partial charge is 0.380 e. The van der Waals surface area contributed by atoms with Gasteiger partial charge >= 0.3 is 0 Å². The highest BCUT2D eigenvalue weighted by atomic mass is 19.1. The lowest BCUT2D eigenvalue weighted by molar-refractivity contribution is 0.0715. The molecule has 0 saturated heterocycles. The number of hydrogen-bond donors (Lipinski definition) is 1. The molecule has 1 aromatic heterocycles. The zero-order chi connectivity index (χ0) is 13.2. The molecule has 0 radical (unpaired) electrons. The second kappa shape index (κ2) is 4.86. The van der Waals surface area contributed by atoms with E-state index in [4.69, 9.17) is 0 Å². The first-order valence-electron chi connectivity index (χ1n) is 5.98. The van der Waals surface area contributed by atoms with E-state index in [0.29, 0.717) is 17.5 Å². The lowest BCUT2D eigenvalue weighted by atomic mass is 9.82. The van der Waals surface area contributed by atoms with Gasteiger partial charge in [-0.2, -0.15) is 0 Å². The second-order valence-electron chi connectivity index (χ2n) is 4.38. The zero-order valence-corrected chi connectivity index (χ0v) is 10.5. The summed E-state index contributed by atoms with van der Waals surface area (Å²) in [5.74, 6) is -0.398. The minimum Gasteiger partial charge on any atom is -0.380 e. The number of pyridine rings is 1. The fourth-order valence-corrected chi connectivity index (χ4v) is 2.22. The Morgan fingerprint density at radius 1 is 1.22 bits per heavy atom. The predicted octanol–water partition coefficient (Wildman–Crippen LogP) is 3.18. The van der Waals surface area contributed by atoms with Gasteiger partial charge in [-0.1, -0.05) is 25.1 Å². The molecule has 1 aromatic carbocycles. The molecule has 0 spiro atoms. The van der Waals surface area contributed by atoms with Gasteiger partial charge in [0.25, 0.3) is 0 Å². The van der Waals surface area contributed by atoms with Crippen LogP contribution in [0.2, 0.25) is 0 Å². The summed E-state index contributed by atoms with van der Waals surface area (Å²) in [6.07, 6.45) is 3.65. The van der Waals surface area contributed by atoms with Crippen LogP contribution in [-0.2, 0) is 5.60 Å². The smallest absolute Gasteiger partial charge is 0.129 e. The summed E-state index contributed by atoms with van der Waals surface area (Å²) in [6.45, 7) is 3.72. The van der Waals surface area contributed by atoms with E-state index in [1.165, 1.54) is 6.07 Å². The molecule has 0 aliphatic heterocycles. The maximum absolute atomic E-state index is 13.9. The maximum atomic E-state index is 13.9. The van der Waals surface area contributed by atoms with Gasteiger partial charge in [0.15, 0.2) is 0 Å². The lowest BCUT2D eigenvalue weighted by Crippen LogP contribution is -2.28. The van der Waals surface area contributed by atoms with Gasteiger partial charge in [-0.15, -0.1) is 0 Å². The van der Waals surface area contributed by atoms with Gasteiger partial charge in [-0.25, -0.2) is 4.39 Å². The average Bonchev–Trinajstić information content (AvgIpc) is 2.39. The molecule has 0 amide bonds. The zero-order valence-electron chi connectivity index (χ0n) is 10.5. The third kappa shape index (κ3) is 2.02. The third-order valence-electron chi connectivity index (χ3n) is 3.32. The van der Waals surface area contributed by atoms with Crippen molar-refractivity contribution in [1.82, 2.24) is 4.98 Å². The van der Waals surface area contributed by atoms with Crippen LogP contribution in [0.4, 0.5) is 4.39 Å². The van der Waals surface area contributed by atoms with Gasteiger partial charge in [-0.3, -0.25) is 4.98 Å². The molecule has 0 bridgehead atoms. The van der Waals surface area contributed by atoms with Gasteiger partial charge in [-0.05, 0) is 31.0 Å². The summed E-state index contributed by atoms with van der Waals surface area (Å²) in [6, 6.07) is 8.14. The Hall–Kier alpha value is -1.74. The van der Waals surface area contributed by atoms with Crippen molar-refractivity contribution in [2.45, 2.75) is 25.9 Å². The summed E-state index contributed by atoms with van der Waals surface area (Å²) in [5.41, 5.74) is 0.516. The minimum absolute atomic E-state index is 0.295. The number of aliphatic hydroxyl groups is 1. The van der Waals surface area contributed by atoms with E-state index in [2.05, 4.69) is 4.98 Å². The fourth-order valence-electron chi connectivity index (χ4n) is 2.22. The highest BCUT2D eigenvalue weighted by Gasteiger charge is 2.33. The Bertz CT molecular complexity index is 508. The molecule has 0 aliphatic carbocycles. The molecular weight excluding hydrogens is 229 g/mol. The van der Waals surface area contributed by atoms with Crippen LogP contribution in [0.5, 0.6) is 0 Å². The monoisotopic (exact) mass is 245 g/mol. The highest BCUT2D eigenvalue weighted by Crippen LogP contribution is 2.35. The van der Waals surface area contributed by atoms with Crippen LogP contribution in [0.15, 0.2) is 42.7 Å². The summed E-state index contributed by atoms with van der Waals surface area (Å²) in [4.78, 5) is 4.03. The van der Waals surface area contributed by atoms with E-state index in [0.717, 1.165) is 5.56 Å². The van der Waals surface area contributed by atoms with E-state index in [9.17, 15) is 9.50 Å². The molecule has 2 rings (SSSR count). The Labute approximate surface area is 106 Å². The minimum atomic E-state index is -1.33. The van der Waals surface area contributed by atoms with Crippen molar-refractivity contribution in [3.63, 3.8) is 0 Å². The molecule has 0 fully saturated rings. The lowest BCUT2D eigenvalue weighted by Gasteiger charge is -2.29. The van der Waals surface area contributed by atoms with E-state index >= 15 is 0 Å². The van der Waals surface area contributed by atoms with Crippen molar-refractivity contribution < 1.29 is 9.50 Å². The maximum Gasteiger partial charge on any atom is 0.129 e. The number of aryl methyl sites for hydroxylation is 1. The number of halogens is 1. The molecular formula is C15H16FNO. The highest BCUT2D eigenvalue weighted by molar-refractivity contribution is 5.39. The number of nitrogens with zero attached hydrogens (tertiary/aromatic N) is 1. The summed E-state index contributed by atoms with van der Waals surface area (Å²) >= 11 is 0. The topological polar surface area (TPSA) is 33.1 Å². The molecule has 94 valence electrons. The average molecular weight is 245 g/mol. The summed E-state index contributed by atoms with van der Waals surface area (Å²) in [5, 5.41) is 10.8. The Kier molecular flexibility index (Phi) is 3.43. The molecule has 18 heavy (non-hydrogen) atoms. The first kappa shape index (κ1) is 12.7. The standard InChI is InChI=1S/C15H16FNO/c1-3-15(18,12-6-4-5-7-14(12)16)13-10-17-9-8-11(13)2/h4-10,18H,3H2,1-2H3. The van der Waals surface area contributed by atoms with Crippen LogP contribution in [0.25, 0.3) is 0 Å². The quantitative estimate of drug-likeness (QED) is 0.901. The first-order valence-corrected chi connectivity index (χ1v) is 5.98. The van der Waals surface area contributed by atoms with Crippen molar-refractivity contribution in [3.8, 4) is 0 Å². The van der Waals surface area contributed by atoms with Gasteiger partial charge in [0.1, 0.15) is 11.4 Å². The van der Waals surface area contributed by atoms with E-state index in [1.54, 1.807) is 30.6 Å². The molecule has 1 atom stereocenters. The molecule has 0 aliphatic rings. The summed E-state index contributed by atoms with van der Waals surface area (Å²) in [7, 11) is 0. The van der Waals surface area contributed by atoms with Gasteiger partial charge < -0.3 is 5.11 Å². The van der Waals surface area contributed by atoms with E-state index < -0.39 is 11.4 Å². The molecule has 2 aromatic rings.